The smallest absolute Gasteiger partial charge is 0.242 e. The minimum Gasteiger partial charge on any atom is -0.496 e. The van der Waals surface area contributed by atoms with Crippen molar-refractivity contribution in [2.24, 2.45) is 0 Å². The summed E-state index contributed by atoms with van der Waals surface area (Å²) in [6.07, 6.45) is 1.65. The molecule has 0 radical (unpaired) electrons. The number of carbonyl (C=O) groups excluding carboxylic acids is 1. The van der Waals surface area contributed by atoms with Crippen LogP contribution in [0.3, 0.4) is 0 Å². The van der Waals surface area contributed by atoms with Crippen LogP contribution in [-0.2, 0) is 11.3 Å². The molecule has 0 N–H and O–H groups in total. The fraction of sp³-hybridized carbons (Fsp3) is 0.222. The average molecular weight is 327 g/mol. The number of likely N-dealkylation sites (N-methyl/N-ethyl adjacent to an activating group) is 1. The third-order valence-corrected chi connectivity index (χ3v) is 3.90. The maximum atomic E-state index is 13.4. The van der Waals surface area contributed by atoms with Crippen LogP contribution in [-0.4, -0.2) is 41.6 Å². The van der Waals surface area contributed by atoms with E-state index in [0.29, 0.717) is 5.75 Å². The second kappa shape index (κ2) is 6.31. The van der Waals surface area contributed by atoms with E-state index >= 15 is 0 Å². The van der Waals surface area contributed by atoms with Gasteiger partial charge in [-0.2, -0.15) is 0 Å². The summed E-state index contributed by atoms with van der Waals surface area (Å²) in [7, 11) is 4.96. The Balaban J connectivity index is 2.00. The van der Waals surface area contributed by atoms with Crippen LogP contribution in [0.2, 0.25) is 0 Å². The van der Waals surface area contributed by atoms with Gasteiger partial charge in [-0.15, -0.1) is 0 Å². The number of amides is 1. The number of hydrogen-bond acceptors (Lipinski definition) is 3. The number of carbonyl (C=O) groups is 1. The summed E-state index contributed by atoms with van der Waals surface area (Å²) in [5, 5.41) is 0. The topological polar surface area (TPSA) is 47.4 Å². The van der Waals surface area contributed by atoms with Gasteiger partial charge in [-0.3, -0.25) is 4.79 Å². The molecular weight excluding hydrogens is 309 g/mol. The minimum atomic E-state index is -0.344. The average Bonchev–Trinajstić information content (AvgIpc) is 2.96. The van der Waals surface area contributed by atoms with Gasteiger partial charge in [-0.25, -0.2) is 9.37 Å². The molecule has 2 aromatic carbocycles. The lowest BCUT2D eigenvalue weighted by atomic mass is 10.0. The SMILES string of the molecule is COc1cc(F)ccc1-c1ccc2c(c1)ncn2CC(=O)N(C)C. The molecule has 5 nitrogen and oxygen atoms in total. The van der Waals surface area contributed by atoms with E-state index in [4.69, 9.17) is 4.74 Å². The second-order valence-electron chi connectivity index (χ2n) is 5.71. The van der Waals surface area contributed by atoms with Crippen molar-refractivity contribution in [2.75, 3.05) is 21.2 Å². The molecule has 1 amide bonds. The van der Waals surface area contributed by atoms with Crippen molar-refractivity contribution in [1.29, 1.82) is 0 Å². The number of benzene rings is 2. The zero-order valence-electron chi connectivity index (χ0n) is 13.8. The summed E-state index contributed by atoms with van der Waals surface area (Å²) in [5.74, 6) is 0.123. The Bertz CT molecular complexity index is 902. The van der Waals surface area contributed by atoms with Crippen LogP contribution in [0.4, 0.5) is 4.39 Å². The van der Waals surface area contributed by atoms with Crippen molar-refractivity contribution in [2.45, 2.75) is 6.54 Å². The number of imidazole rings is 1. The van der Waals surface area contributed by atoms with Gasteiger partial charge in [0, 0.05) is 25.7 Å². The van der Waals surface area contributed by atoms with E-state index < -0.39 is 0 Å². The Morgan fingerprint density at radius 2 is 2.04 bits per heavy atom. The molecule has 1 heterocycles. The van der Waals surface area contributed by atoms with E-state index in [2.05, 4.69) is 4.98 Å². The van der Waals surface area contributed by atoms with Crippen molar-refractivity contribution < 1.29 is 13.9 Å². The van der Waals surface area contributed by atoms with Crippen LogP contribution in [0, 0.1) is 5.82 Å². The predicted octanol–water partition coefficient (Wildman–Crippen LogP) is 2.94. The zero-order chi connectivity index (χ0) is 17.3. The zero-order valence-corrected chi connectivity index (χ0v) is 13.8. The van der Waals surface area contributed by atoms with Crippen molar-refractivity contribution in [3.8, 4) is 16.9 Å². The number of halogens is 1. The van der Waals surface area contributed by atoms with Gasteiger partial charge in [0.05, 0.1) is 24.5 Å². The van der Waals surface area contributed by atoms with Gasteiger partial charge in [-0.05, 0) is 29.8 Å². The Morgan fingerprint density at radius 1 is 1.25 bits per heavy atom. The molecule has 124 valence electrons. The molecule has 0 aliphatic heterocycles. The number of nitrogens with zero attached hydrogens (tertiary/aromatic N) is 3. The Morgan fingerprint density at radius 3 is 2.75 bits per heavy atom. The highest BCUT2D eigenvalue weighted by molar-refractivity contribution is 5.85. The molecule has 0 aliphatic carbocycles. The van der Waals surface area contributed by atoms with Gasteiger partial charge < -0.3 is 14.2 Å². The first-order valence-electron chi connectivity index (χ1n) is 7.48. The first-order valence-corrected chi connectivity index (χ1v) is 7.48. The molecular formula is C18H18FN3O2. The van der Waals surface area contributed by atoms with Crippen LogP contribution in [0.25, 0.3) is 22.2 Å². The predicted molar refractivity (Wildman–Crippen MR) is 90.4 cm³/mol. The second-order valence-corrected chi connectivity index (χ2v) is 5.71. The third kappa shape index (κ3) is 2.95. The normalized spacial score (nSPS) is 10.8. The molecule has 3 aromatic rings. The van der Waals surface area contributed by atoms with Gasteiger partial charge in [0.25, 0.3) is 0 Å². The Labute approximate surface area is 139 Å². The first-order chi connectivity index (χ1) is 11.5. The number of aromatic nitrogens is 2. The monoisotopic (exact) mass is 327 g/mol. The fourth-order valence-corrected chi connectivity index (χ4v) is 2.55. The summed E-state index contributed by atoms with van der Waals surface area (Å²) in [4.78, 5) is 17.8. The lowest BCUT2D eigenvalue weighted by Gasteiger charge is -2.11. The highest BCUT2D eigenvalue weighted by atomic mass is 19.1. The molecule has 0 unspecified atom stereocenters. The van der Waals surface area contributed by atoms with Crippen LogP contribution in [0.1, 0.15) is 0 Å². The quantitative estimate of drug-likeness (QED) is 0.740. The van der Waals surface area contributed by atoms with E-state index in [1.807, 2.05) is 22.8 Å². The van der Waals surface area contributed by atoms with Gasteiger partial charge in [0.1, 0.15) is 18.1 Å². The molecule has 6 heteroatoms. The molecule has 0 saturated heterocycles. The van der Waals surface area contributed by atoms with Crippen molar-refractivity contribution >= 4 is 16.9 Å². The summed E-state index contributed by atoms with van der Waals surface area (Å²) >= 11 is 0. The highest BCUT2D eigenvalue weighted by Gasteiger charge is 2.12. The van der Waals surface area contributed by atoms with E-state index in [9.17, 15) is 9.18 Å². The van der Waals surface area contributed by atoms with Crippen molar-refractivity contribution in [3.63, 3.8) is 0 Å². The first kappa shape index (κ1) is 16.0. The standard InChI is InChI=1S/C18H18FN3O2/c1-21(2)18(23)10-22-11-20-15-8-12(4-7-16(15)22)14-6-5-13(19)9-17(14)24-3/h4-9,11H,10H2,1-3H3. The summed E-state index contributed by atoms with van der Waals surface area (Å²) in [6, 6.07) is 10.2. The van der Waals surface area contributed by atoms with Crippen molar-refractivity contribution in [3.05, 3.63) is 48.5 Å². The van der Waals surface area contributed by atoms with Gasteiger partial charge in [0.15, 0.2) is 0 Å². The maximum absolute atomic E-state index is 13.4. The highest BCUT2D eigenvalue weighted by Crippen LogP contribution is 2.32. The lowest BCUT2D eigenvalue weighted by molar-refractivity contribution is -0.129. The van der Waals surface area contributed by atoms with Crippen LogP contribution in [0.15, 0.2) is 42.7 Å². The summed E-state index contributed by atoms with van der Waals surface area (Å²) in [5.41, 5.74) is 3.31. The maximum Gasteiger partial charge on any atom is 0.242 e. The molecule has 24 heavy (non-hydrogen) atoms. The number of hydrogen-bond donors (Lipinski definition) is 0. The molecule has 0 atom stereocenters. The molecule has 0 bridgehead atoms. The van der Waals surface area contributed by atoms with Crippen LogP contribution < -0.4 is 4.74 Å². The number of ether oxygens (including phenoxy) is 1. The Hall–Kier alpha value is -2.89. The fourth-order valence-electron chi connectivity index (χ4n) is 2.55. The minimum absolute atomic E-state index is 0.00131. The van der Waals surface area contributed by atoms with Crippen molar-refractivity contribution in [1.82, 2.24) is 14.5 Å². The molecule has 3 rings (SSSR count). The van der Waals surface area contributed by atoms with E-state index in [-0.39, 0.29) is 18.3 Å². The van der Waals surface area contributed by atoms with Crippen LogP contribution in [0.5, 0.6) is 5.75 Å². The lowest BCUT2D eigenvalue weighted by Crippen LogP contribution is -2.25. The Kier molecular flexibility index (Phi) is 4.20. The summed E-state index contributed by atoms with van der Waals surface area (Å²) in [6.45, 7) is 0.239. The van der Waals surface area contributed by atoms with E-state index in [1.54, 1.807) is 31.4 Å². The van der Waals surface area contributed by atoms with E-state index in [0.717, 1.165) is 22.2 Å². The summed E-state index contributed by atoms with van der Waals surface area (Å²) < 4.78 is 20.4. The van der Waals surface area contributed by atoms with Gasteiger partial charge >= 0.3 is 0 Å². The van der Waals surface area contributed by atoms with Gasteiger partial charge in [-0.1, -0.05) is 6.07 Å². The number of methoxy groups -OCH3 is 1. The number of fused-ring (bicyclic) bond motifs is 1. The van der Waals surface area contributed by atoms with Crippen LogP contribution >= 0.6 is 0 Å². The third-order valence-electron chi connectivity index (χ3n) is 3.90. The number of rotatable bonds is 4. The van der Waals surface area contributed by atoms with Gasteiger partial charge in [0.2, 0.25) is 5.91 Å². The molecule has 0 spiro atoms. The molecule has 0 fully saturated rings. The molecule has 0 aliphatic rings. The van der Waals surface area contributed by atoms with E-state index in [1.165, 1.54) is 19.2 Å². The molecule has 1 aromatic heterocycles. The molecule has 0 saturated carbocycles. The largest absolute Gasteiger partial charge is 0.496 e.